The topological polar surface area (TPSA) is 70.7 Å². The van der Waals surface area contributed by atoms with Gasteiger partial charge in [0.2, 0.25) is 5.91 Å². The van der Waals surface area contributed by atoms with Gasteiger partial charge in [0, 0.05) is 11.4 Å². The maximum Gasteiger partial charge on any atom is 0.417 e. The molecule has 0 aliphatic carbocycles. The largest absolute Gasteiger partial charge is 0.417 e. The van der Waals surface area contributed by atoms with Crippen LogP contribution in [0.5, 0.6) is 0 Å². The maximum atomic E-state index is 13.8. The van der Waals surface area contributed by atoms with Crippen LogP contribution in [0.25, 0.3) is 27.8 Å². The van der Waals surface area contributed by atoms with Gasteiger partial charge < -0.3 is 5.32 Å². The van der Waals surface area contributed by atoms with Crippen LogP contribution in [0.2, 0.25) is 0 Å². The zero-order chi connectivity index (χ0) is 26.0. The summed E-state index contributed by atoms with van der Waals surface area (Å²) in [6.07, 6.45) is -2.90. The van der Waals surface area contributed by atoms with E-state index in [1.807, 2.05) is 47.0 Å². The van der Waals surface area contributed by atoms with Gasteiger partial charge in [0.25, 0.3) is 0 Å². The van der Waals surface area contributed by atoms with Crippen molar-refractivity contribution < 1.29 is 18.0 Å². The molecule has 1 amide bonds. The van der Waals surface area contributed by atoms with Gasteiger partial charge in [-0.2, -0.15) is 18.4 Å². The third-order valence-corrected chi connectivity index (χ3v) is 5.97. The van der Waals surface area contributed by atoms with Crippen molar-refractivity contribution in [3.63, 3.8) is 0 Å². The first-order valence-corrected chi connectivity index (χ1v) is 11.3. The van der Waals surface area contributed by atoms with E-state index in [4.69, 9.17) is 5.26 Å². The first kappa shape index (κ1) is 23.8. The lowest BCUT2D eigenvalue weighted by Gasteiger charge is -2.15. The van der Waals surface area contributed by atoms with Crippen LogP contribution in [0.15, 0.2) is 97.3 Å². The Morgan fingerprint density at radius 2 is 1.68 bits per heavy atom. The van der Waals surface area contributed by atoms with Crippen molar-refractivity contribution >= 4 is 22.6 Å². The number of amides is 1. The molecule has 0 saturated heterocycles. The number of alkyl halides is 3. The lowest BCUT2D eigenvalue weighted by molar-refractivity contribution is -0.137. The molecule has 1 N–H and O–H groups in total. The average Bonchev–Trinajstić information content (AvgIpc) is 3.33. The Kier molecular flexibility index (Phi) is 6.20. The number of rotatable bonds is 5. The quantitative estimate of drug-likeness (QED) is 0.292. The van der Waals surface area contributed by atoms with E-state index < -0.39 is 17.6 Å². The minimum Gasteiger partial charge on any atom is -0.326 e. The Balaban J connectivity index is 1.32. The smallest absolute Gasteiger partial charge is 0.326 e. The number of halogens is 3. The number of carbonyl (C=O) groups excluding carboxylic acids is 1. The highest BCUT2D eigenvalue weighted by Gasteiger charge is 2.34. The molecule has 0 radical (unpaired) electrons. The molecule has 0 bridgehead atoms. The van der Waals surface area contributed by atoms with Crippen molar-refractivity contribution in [3.05, 3.63) is 114 Å². The number of anilines is 1. The van der Waals surface area contributed by atoms with Crippen LogP contribution in [0.3, 0.4) is 0 Å². The van der Waals surface area contributed by atoms with E-state index in [1.54, 1.807) is 18.5 Å². The van der Waals surface area contributed by atoms with Gasteiger partial charge in [0.05, 0.1) is 34.7 Å². The van der Waals surface area contributed by atoms with Gasteiger partial charge >= 0.3 is 6.18 Å². The number of aromatic nitrogens is 2. The molecule has 4 aromatic carbocycles. The van der Waals surface area contributed by atoms with Gasteiger partial charge in [-0.15, -0.1) is 0 Å². The van der Waals surface area contributed by atoms with Gasteiger partial charge in [-0.3, -0.25) is 9.36 Å². The van der Waals surface area contributed by atoms with Crippen molar-refractivity contribution in [1.82, 2.24) is 9.55 Å². The van der Waals surface area contributed by atoms with E-state index in [0.29, 0.717) is 11.1 Å². The molecule has 0 fully saturated rings. The highest BCUT2D eigenvalue weighted by molar-refractivity contribution is 5.93. The van der Waals surface area contributed by atoms with Crippen LogP contribution >= 0.6 is 0 Å². The Labute approximate surface area is 210 Å². The number of hydrogen-bond acceptors (Lipinski definition) is 3. The fraction of sp³-hybridized carbons (Fsp3) is 0.0690. The molecule has 0 aliphatic heterocycles. The summed E-state index contributed by atoms with van der Waals surface area (Å²) in [5, 5.41) is 11.5. The Hall–Kier alpha value is -4.90. The number of para-hydroxylation sites is 2. The zero-order valence-corrected chi connectivity index (χ0v) is 19.3. The fourth-order valence-corrected chi connectivity index (χ4v) is 4.16. The van der Waals surface area contributed by atoms with Gasteiger partial charge in [-0.25, -0.2) is 4.98 Å². The highest BCUT2D eigenvalue weighted by atomic mass is 19.4. The van der Waals surface area contributed by atoms with E-state index in [0.717, 1.165) is 28.4 Å². The molecule has 5 nitrogen and oxygen atoms in total. The predicted molar refractivity (Wildman–Crippen MR) is 135 cm³/mol. The Bertz CT molecular complexity index is 1630. The Morgan fingerprint density at radius 3 is 2.38 bits per heavy atom. The van der Waals surface area contributed by atoms with Crippen molar-refractivity contribution in [1.29, 1.82) is 5.26 Å². The van der Waals surface area contributed by atoms with Crippen LogP contribution in [0, 0.1) is 11.3 Å². The maximum absolute atomic E-state index is 13.8. The molecule has 0 unspecified atom stereocenters. The van der Waals surface area contributed by atoms with E-state index >= 15 is 0 Å². The third-order valence-electron chi connectivity index (χ3n) is 5.97. The summed E-state index contributed by atoms with van der Waals surface area (Å²) in [5.41, 5.74) is 3.26. The third kappa shape index (κ3) is 5.07. The second-order valence-corrected chi connectivity index (χ2v) is 8.44. The highest BCUT2D eigenvalue weighted by Crippen LogP contribution is 2.38. The van der Waals surface area contributed by atoms with Crippen LogP contribution in [0.1, 0.15) is 16.7 Å². The van der Waals surface area contributed by atoms with Crippen molar-refractivity contribution in [2.75, 3.05) is 5.32 Å². The minimum absolute atomic E-state index is 0.00365. The summed E-state index contributed by atoms with van der Waals surface area (Å²) >= 11 is 0. The summed E-state index contributed by atoms with van der Waals surface area (Å²) in [6.45, 7) is 0. The van der Waals surface area contributed by atoms with Crippen LogP contribution < -0.4 is 5.32 Å². The number of hydrogen-bond donors (Lipinski definition) is 1. The summed E-state index contributed by atoms with van der Waals surface area (Å²) < 4.78 is 43.4. The lowest BCUT2D eigenvalue weighted by atomic mass is 9.97. The van der Waals surface area contributed by atoms with E-state index in [1.165, 1.54) is 36.4 Å². The van der Waals surface area contributed by atoms with Crippen LogP contribution in [-0.4, -0.2) is 15.5 Å². The SMILES string of the molecule is N#Cc1ccc(-c2ccc(NC(=O)Cc3ccc(-n4cnc5ccccc54)cc3)cc2C(F)(F)F)cc1. The van der Waals surface area contributed by atoms with Crippen LogP contribution in [-0.2, 0) is 17.4 Å². The number of fused-ring (bicyclic) bond motifs is 1. The van der Waals surface area contributed by atoms with Gasteiger partial charge in [0.15, 0.2) is 0 Å². The van der Waals surface area contributed by atoms with Crippen LogP contribution in [0.4, 0.5) is 18.9 Å². The number of nitrogens with zero attached hydrogens (tertiary/aromatic N) is 3. The van der Waals surface area contributed by atoms with E-state index in [2.05, 4.69) is 10.3 Å². The number of benzene rings is 4. The molecule has 8 heteroatoms. The number of imidazole rings is 1. The number of nitrogens with one attached hydrogen (secondary N) is 1. The predicted octanol–water partition coefficient (Wildman–Crippen LogP) is 6.76. The molecule has 1 heterocycles. The molecule has 182 valence electrons. The normalized spacial score (nSPS) is 11.3. The molecule has 37 heavy (non-hydrogen) atoms. The fourth-order valence-electron chi connectivity index (χ4n) is 4.16. The monoisotopic (exact) mass is 496 g/mol. The molecule has 0 saturated carbocycles. The van der Waals surface area contributed by atoms with Gasteiger partial charge in [-0.05, 0) is 65.2 Å². The van der Waals surface area contributed by atoms with Gasteiger partial charge in [-0.1, -0.05) is 42.5 Å². The van der Waals surface area contributed by atoms with E-state index in [9.17, 15) is 18.0 Å². The standard InChI is InChI=1S/C29H19F3N4O/c30-29(31,32)25-16-22(11-14-24(25)21-9-5-20(17-33)6-10-21)35-28(37)15-19-7-12-23(13-8-19)36-18-34-26-3-1-2-4-27(26)36/h1-14,16,18H,15H2,(H,35,37). The summed E-state index contributed by atoms with van der Waals surface area (Å²) in [7, 11) is 0. The summed E-state index contributed by atoms with van der Waals surface area (Å²) in [5.74, 6) is -0.430. The molecule has 0 spiro atoms. The molecule has 1 aromatic heterocycles. The van der Waals surface area contributed by atoms with Crippen molar-refractivity contribution in [3.8, 4) is 22.9 Å². The first-order valence-electron chi connectivity index (χ1n) is 11.3. The second kappa shape index (κ2) is 9.63. The lowest BCUT2D eigenvalue weighted by Crippen LogP contribution is -2.15. The number of carbonyl (C=O) groups is 1. The first-order chi connectivity index (χ1) is 17.8. The van der Waals surface area contributed by atoms with Crippen molar-refractivity contribution in [2.24, 2.45) is 0 Å². The summed E-state index contributed by atoms with van der Waals surface area (Å²) in [6, 6.07) is 26.6. The molecule has 0 aliphatic rings. The molecule has 5 rings (SSSR count). The molecular formula is C29H19F3N4O. The minimum atomic E-state index is -4.63. The average molecular weight is 496 g/mol. The molecule has 5 aromatic rings. The van der Waals surface area contributed by atoms with Gasteiger partial charge in [0.1, 0.15) is 6.33 Å². The number of nitriles is 1. The second-order valence-electron chi connectivity index (χ2n) is 8.44. The molecule has 0 atom stereocenters. The van der Waals surface area contributed by atoms with Crippen molar-refractivity contribution in [2.45, 2.75) is 12.6 Å². The summed E-state index contributed by atoms with van der Waals surface area (Å²) in [4.78, 5) is 17.0. The Morgan fingerprint density at radius 1 is 0.946 bits per heavy atom. The van der Waals surface area contributed by atoms with E-state index in [-0.39, 0.29) is 17.7 Å². The molecular weight excluding hydrogens is 477 g/mol. The zero-order valence-electron chi connectivity index (χ0n) is 19.3.